The van der Waals surface area contributed by atoms with Crippen molar-refractivity contribution in [3.05, 3.63) is 0 Å². The predicted molar refractivity (Wildman–Crippen MR) is 35.0 cm³/mol. The van der Waals surface area contributed by atoms with E-state index in [0.717, 1.165) is 0 Å². The Morgan fingerprint density at radius 1 is 1.67 bits per heavy atom. The Morgan fingerprint density at radius 2 is 2.17 bits per heavy atom. The largest absolute Gasteiger partial charge is 1.00 e. The minimum absolute atomic E-state index is 0. The molecule has 64 valence electrons. The van der Waals surface area contributed by atoms with Gasteiger partial charge in [-0.3, -0.25) is 4.99 Å². The number of aliphatic carboxylic acids is 1. The van der Waals surface area contributed by atoms with E-state index in [1.54, 1.807) is 0 Å². The zero-order chi connectivity index (χ0) is 8.85. The quantitative estimate of drug-likeness (QED) is 0.228. The maximum absolute atomic E-state index is 10.4. The molecule has 0 saturated heterocycles. The molecule has 0 amide bonds. The van der Waals surface area contributed by atoms with E-state index in [1.807, 2.05) is 0 Å². The van der Waals surface area contributed by atoms with Gasteiger partial charge in [-0.1, -0.05) is 0 Å². The summed E-state index contributed by atoms with van der Waals surface area (Å²) < 4.78 is 0. The van der Waals surface area contributed by atoms with E-state index in [-0.39, 0.29) is 36.1 Å². The molecule has 0 unspecified atom stereocenters. The molecule has 0 saturated carbocycles. The number of nitrogens with two attached hydrogens (primary N) is 1. The normalized spacial score (nSPS) is 13.3. The molecule has 7 heteroatoms. The SMILES string of the molecule is NCC([O-])=N[C@@H](CO)C(=O)O.[Na+]. The summed E-state index contributed by atoms with van der Waals surface area (Å²) in [5.74, 6) is -2.07. The van der Waals surface area contributed by atoms with Crippen LogP contribution in [0.4, 0.5) is 0 Å². The topological polar surface area (TPSA) is 119 Å². The van der Waals surface area contributed by atoms with Crippen LogP contribution in [-0.4, -0.2) is 41.3 Å². The summed E-state index contributed by atoms with van der Waals surface area (Å²) in [6.07, 6.45) is 0. The van der Waals surface area contributed by atoms with Crippen molar-refractivity contribution < 1.29 is 49.7 Å². The number of carboxylic acid groups (broad SMARTS) is 1. The van der Waals surface area contributed by atoms with Gasteiger partial charge in [-0.2, -0.15) is 0 Å². The fraction of sp³-hybridized carbons (Fsp3) is 0.600. The van der Waals surface area contributed by atoms with E-state index in [0.29, 0.717) is 0 Å². The molecule has 0 aliphatic heterocycles. The van der Waals surface area contributed by atoms with E-state index >= 15 is 0 Å². The van der Waals surface area contributed by atoms with Crippen LogP contribution in [0.1, 0.15) is 0 Å². The summed E-state index contributed by atoms with van der Waals surface area (Å²) in [4.78, 5) is 13.2. The van der Waals surface area contributed by atoms with Gasteiger partial charge in [0.2, 0.25) is 0 Å². The summed E-state index contributed by atoms with van der Waals surface area (Å²) in [5, 5.41) is 27.1. The van der Waals surface area contributed by atoms with Crippen molar-refractivity contribution in [1.29, 1.82) is 0 Å². The number of aliphatic hydroxyl groups excluding tert-OH is 1. The molecule has 12 heavy (non-hydrogen) atoms. The Bertz CT molecular complexity index is 173. The fourth-order valence-corrected chi connectivity index (χ4v) is 0.401. The third-order valence-electron chi connectivity index (χ3n) is 0.932. The second-order valence-electron chi connectivity index (χ2n) is 1.76. The van der Waals surface area contributed by atoms with Crippen molar-refractivity contribution in [2.24, 2.45) is 10.7 Å². The molecule has 0 aromatic rings. The van der Waals surface area contributed by atoms with Gasteiger partial charge in [-0.25, -0.2) is 4.79 Å². The molecule has 0 bridgehead atoms. The van der Waals surface area contributed by atoms with Gasteiger partial charge in [-0.15, -0.1) is 0 Å². The number of hydrogen-bond acceptors (Lipinski definition) is 5. The Kier molecular flexibility index (Phi) is 9.00. The van der Waals surface area contributed by atoms with Crippen LogP contribution in [0.15, 0.2) is 4.99 Å². The molecule has 0 heterocycles. The monoisotopic (exact) mass is 184 g/mol. The first-order chi connectivity index (χ1) is 5.11. The molecule has 0 aliphatic rings. The summed E-state index contributed by atoms with van der Waals surface area (Å²) >= 11 is 0. The minimum atomic E-state index is -1.38. The Morgan fingerprint density at radius 3 is 2.42 bits per heavy atom. The van der Waals surface area contributed by atoms with Crippen LogP contribution >= 0.6 is 0 Å². The van der Waals surface area contributed by atoms with Crippen LogP contribution in [0.3, 0.4) is 0 Å². The molecule has 6 nitrogen and oxygen atoms in total. The Hall–Kier alpha value is -0.140. The van der Waals surface area contributed by atoms with Gasteiger partial charge in [0.05, 0.1) is 6.61 Å². The standard InChI is InChI=1S/C5H10N2O4.Na/c6-1-4(9)7-3(2-8)5(10)11;/h3,8H,1-2,6H2,(H,7,9)(H,10,11);/q;+1/p-1/t3-;/m0./s1. The van der Waals surface area contributed by atoms with Crippen molar-refractivity contribution in [1.82, 2.24) is 0 Å². The number of aliphatic hydroxyl groups is 1. The number of carboxylic acids is 1. The second-order valence-corrected chi connectivity index (χ2v) is 1.76. The summed E-state index contributed by atoms with van der Waals surface area (Å²) in [6.45, 7) is -1.04. The smallest absolute Gasteiger partial charge is 0.861 e. The molecule has 0 radical (unpaired) electrons. The van der Waals surface area contributed by atoms with Crippen molar-refractivity contribution in [2.45, 2.75) is 6.04 Å². The van der Waals surface area contributed by atoms with Crippen molar-refractivity contribution in [3.63, 3.8) is 0 Å². The van der Waals surface area contributed by atoms with Crippen LogP contribution < -0.4 is 40.4 Å². The zero-order valence-corrected chi connectivity index (χ0v) is 8.73. The summed E-state index contributed by atoms with van der Waals surface area (Å²) in [5.41, 5.74) is 4.86. The molecule has 0 aliphatic carbocycles. The fourth-order valence-electron chi connectivity index (χ4n) is 0.401. The van der Waals surface area contributed by atoms with Crippen LogP contribution in [-0.2, 0) is 4.79 Å². The molecule has 0 rings (SSSR count). The van der Waals surface area contributed by atoms with Crippen molar-refractivity contribution >= 4 is 11.9 Å². The maximum atomic E-state index is 10.4. The maximum Gasteiger partial charge on any atom is 1.00 e. The zero-order valence-electron chi connectivity index (χ0n) is 6.73. The van der Waals surface area contributed by atoms with Crippen LogP contribution in [0.2, 0.25) is 0 Å². The average molecular weight is 184 g/mol. The van der Waals surface area contributed by atoms with Gasteiger partial charge < -0.3 is 21.1 Å². The van der Waals surface area contributed by atoms with Crippen molar-refractivity contribution in [3.8, 4) is 0 Å². The molecular formula is C5H9N2NaO4. The molecule has 0 aromatic carbocycles. The molecule has 0 fully saturated rings. The molecule has 1 atom stereocenters. The third-order valence-corrected chi connectivity index (χ3v) is 0.932. The molecule has 0 spiro atoms. The molecular weight excluding hydrogens is 175 g/mol. The van der Waals surface area contributed by atoms with E-state index in [1.165, 1.54) is 0 Å². The van der Waals surface area contributed by atoms with Crippen LogP contribution in [0.25, 0.3) is 0 Å². The van der Waals surface area contributed by atoms with E-state index < -0.39 is 24.5 Å². The van der Waals surface area contributed by atoms with Gasteiger partial charge in [0.1, 0.15) is 0 Å². The Balaban J connectivity index is 0. The van der Waals surface area contributed by atoms with E-state index in [4.69, 9.17) is 15.9 Å². The molecule has 0 aromatic heterocycles. The number of nitrogens with zero attached hydrogens (tertiary/aromatic N) is 1. The van der Waals surface area contributed by atoms with E-state index in [2.05, 4.69) is 4.99 Å². The number of carbonyl (C=O) groups is 1. The summed E-state index contributed by atoms with van der Waals surface area (Å²) in [6, 6.07) is -1.38. The predicted octanol–water partition coefficient (Wildman–Crippen LogP) is -5.85. The van der Waals surface area contributed by atoms with Gasteiger partial charge in [0.15, 0.2) is 6.04 Å². The van der Waals surface area contributed by atoms with Crippen LogP contribution in [0, 0.1) is 0 Å². The Labute approximate surface area is 91.4 Å². The molecule has 4 N–H and O–H groups in total. The van der Waals surface area contributed by atoms with Gasteiger partial charge in [0.25, 0.3) is 0 Å². The number of hydrogen-bond donors (Lipinski definition) is 3. The van der Waals surface area contributed by atoms with Gasteiger partial charge in [-0.05, 0) is 5.90 Å². The summed E-state index contributed by atoms with van der Waals surface area (Å²) in [7, 11) is 0. The van der Waals surface area contributed by atoms with Gasteiger partial charge >= 0.3 is 35.5 Å². The minimum Gasteiger partial charge on any atom is -0.861 e. The van der Waals surface area contributed by atoms with Crippen LogP contribution in [0.5, 0.6) is 0 Å². The van der Waals surface area contributed by atoms with E-state index in [9.17, 15) is 9.90 Å². The number of rotatable bonds is 4. The second kappa shape index (κ2) is 7.51. The van der Waals surface area contributed by atoms with Crippen molar-refractivity contribution in [2.75, 3.05) is 13.2 Å². The number of aliphatic imine (C=N–C) groups is 1. The first-order valence-corrected chi connectivity index (χ1v) is 2.89. The van der Waals surface area contributed by atoms with Gasteiger partial charge in [0, 0.05) is 6.54 Å². The average Bonchev–Trinajstić information content (AvgIpc) is 1.99. The first-order valence-electron chi connectivity index (χ1n) is 2.89. The first kappa shape index (κ1) is 14.4. The third kappa shape index (κ3) is 5.50.